The van der Waals surface area contributed by atoms with Crippen molar-refractivity contribution in [1.29, 1.82) is 0 Å². The van der Waals surface area contributed by atoms with Crippen molar-refractivity contribution < 1.29 is 14.2 Å². The van der Waals surface area contributed by atoms with E-state index in [-0.39, 0.29) is 16.6 Å². The van der Waals surface area contributed by atoms with Crippen LogP contribution in [-0.2, 0) is 4.74 Å². The second-order valence-electron chi connectivity index (χ2n) is 6.61. The van der Waals surface area contributed by atoms with Gasteiger partial charge >= 0.3 is 0 Å². The van der Waals surface area contributed by atoms with Gasteiger partial charge in [0, 0.05) is 23.1 Å². The topological polar surface area (TPSA) is 71.4 Å². The molecule has 29 heavy (non-hydrogen) atoms. The number of nitrogens with zero attached hydrogens (tertiary/aromatic N) is 4. The van der Waals surface area contributed by atoms with Gasteiger partial charge in [-0.1, -0.05) is 33.6 Å². The number of rotatable bonds is 3. The summed E-state index contributed by atoms with van der Waals surface area (Å²) in [6, 6.07) is 6.97. The summed E-state index contributed by atoms with van der Waals surface area (Å²) in [5.74, 6) is -0.00171. The van der Waals surface area contributed by atoms with Gasteiger partial charge < -0.3 is 14.7 Å². The Bertz CT molecular complexity index is 1080. The molecule has 1 aliphatic rings. The molecule has 4 rings (SSSR count). The third kappa shape index (κ3) is 4.05. The van der Waals surface area contributed by atoms with Crippen LogP contribution in [0.5, 0.6) is 5.75 Å². The molecule has 3 heterocycles. The molecule has 150 valence electrons. The van der Waals surface area contributed by atoms with Crippen LogP contribution < -0.4 is 4.90 Å². The van der Waals surface area contributed by atoms with E-state index in [1.54, 1.807) is 18.2 Å². The third-order valence-electron chi connectivity index (χ3n) is 4.65. The molecule has 1 fully saturated rings. The Morgan fingerprint density at radius 2 is 1.97 bits per heavy atom. The summed E-state index contributed by atoms with van der Waals surface area (Å²) in [5, 5.41) is 10.6. The smallest absolute Gasteiger partial charge is 0.183 e. The molecular formula is C20H17BrClFN4O2. The van der Waals surface area contributed by atoms with Crippen molar-refractivity contribution in [2.75, 3.05) is 31.2 Å². The molecule has 1 aliphatic heterocycles. The molecule has 1 N–H and O–H groups in total. The van der Waals surface area contributed by atoms with Gasteiger partial charge in [-0.3, -0.25) is 0 Å². The van der Waals surface area contributed by atoms with Crippen LogP contribution in [0.25, 0.3) is 22.8 Å². The zero-order valence-corrected chi connectivity index (χ0v) is 17.8. The average molecular weight is 480 g/mol. The Balaban J connectivity index is 1.79. The number of benzene rings is 1. The van der Waals surface area contributed by atoms with Crippen molar-refractivity contribution >= 4 is 33.3 Å². The maximum Gasteiger partial charge on any atom is 0.183 e. The minimum absolute atomic E-state index is 0.0637. The highest BCUT2D eigenvalue weighted by Crippen LogP contribution is 2.38. The van der Waals surface area contributed by atoms with Crippen LogP contribution in [0.3, 0.4) is 0 Å². The molecule has 0 unspecified atom stereocenters. The molecule has 9 heteroatoms. The van der Waals surface area contributed by atoms with Crippen molar-refractivity contribution in [3.05, 3.63) is 51.3 Å². The van der Waals surface area contributed by atoms with Crippen LogP contribution in [0.1, 0.15) is 5.56 Å². The summed E-state index contributed by atoms with van der Waals surface area (Å²) in [7, 11) is 0. The summed E-state index contributed by atoms with van der Waals surface area (Å²) >= 11 is 9.47. The van der Waals surface area contributed by atoms with E-state index in [0.717, 1.165) is 11.8 Å². The molecule has 0 bridgehead atoms. The third-order valence-corrected chi connectivity index (χ3v) is 5.40. The number of aromatic nitrogens is 3. The van der Waals surface area contributed by atoms with E-state index < -0.39 is 5.82 Å². The number of ether oxygens (including phenoxy) is 1. The molecule has 0 atom stereocenters. The predicted octanol–water partition coefficient (Wildman–Crippen LogP) is 4.61. The highest BCUT2D eigenvalue weighted by atomic mass is 79.9. The number of phenols is 1. The van der Waals surface area contributed by atoms with E-state index in [9.17, 15) is 9.50 Å². The van der Waals surface area contributed by atoms with Crippen molar-refractivity contribution in [2.45, 2.75) is 6.92 Å². The van der Waals surface area contributed by atoms with Crippen LogP contribution in [0.4, 0.5) is 10.2 Å². The molecular weight excluding hydrogens is 463 g/mol. The summed E-state index contributed by atoms with van der Waals surface area (Å²) in [5.41, 5.74) is 2.31. The van der Waals surface area contributed by atoms with E-state index in [4.69, 9.17) is 16.3 Å². The molecule has 3 aromatic rings. The fourth-order valence-electron chi connectivity index (χ4n) is 3.14. The lowest BCUT2D eigenvalue weighted by Crippen LogP contribution is -2.37. The molecule has 1 saturated heterocycles. The molecule has 0 radical (unpaired) electrons. The van der Waals surface area contributed by atoms with Gasteiger partial charge in [0.15, 0.2) is 17.5 Å². The first-order valence-electron chi connectivity index (χ1n) is 8.95. The van der Waals surface area contributed by atoms with Gasteiger partial charge in [0.1, 0.15) is 11.4 Å². The second kappa shape index (κ2) is 8.22. The van der Waals surface area contributed by atoms with Gasteiger partial charge in [-0.25, -0.2) is 19.3 Å². The van der Waals surface area contributed by atoms with E-state index in [1.807, 2.05) is 17.9 Å². The first-order chi connectivity index (χ1) is 13.9. The van der Waals surface area contributed by atoms with Gasteiger partial charge in [0.05, 0.1) is 30.1 Å². The van der Waals surface area contributed by atoms with E-state index in [2.05, 4.69) is 30.9 Å². The normalized spacial score (nSPS) is 14.3. The van der Waals surface area contributed by atoms with Crippen LogP contribution >= 0.6 is 27.5 Å². The maximum absolute atomic E-state index is 14.4. The average Bonchev–Trinajstić information content (AvgIpc) is 2.72. The molecule has 0 amide bonds. The van der Waals surface area contributed by atoms with E-state index >= 15 is 0 Å². The fourth-order valence-corrected chi connectivity index (χ4v) is 3.94. The summed E-state index contributed by atoms with van der Waals surface area (Å²) in [6.45, 7) is 4.04. The number of morpholine rings is 1. The van der Waals surface area contributed by atoms with Crippen LogP contribution in [0, 0.1) is 12.7 Å². The van der Waals surface area contributed by atoms with Gasteiger partial charge in [0.25, 0.3) is 0 Å². The lowest BCUT2D eigenvalue weighted by Gasteiger charge is -2.28. The number of anilines is 1. The van der Waals surface area contributed by atoms with Crippen LogP contribution in [0.2, 0.25) is 5.02 Å². The first-order valence-corrected chi connectivity index (χ1v) is 10.1. The quantitative estimate of drug-likeness (QED) is 0.591. The Hall–Kier alpha value is -2.29. The lowest BCUT2D eigenvalue weighted by atomic mass is 10.1. The molecule has 2 aromatic heterocycles. The minimum atomic E-state index is -0.485. The first kappa shape index (κ1) is 20.0. The summed E-state index contributed by atoms with van der Waals surface area (Å²) in [6.07, 6.45) is 1.16. The van der Waals surface area contributed by atoms with Crippen LogP contribution in [-0.4, -0.2) is 46.4 Å². The highest BCUT2D eigenvalue weighted by molar-refractivity contribution is 9.10. The standard InChI is InChI=1S/C20H17BrClFN4O2/c1-11-2-3-16(13-8-12(21)9-14(22)18(13)28)25-17(11)19-24-10-15(23)20(26-19)27-4-6-29-7-5-27/h2-3,8-10,28H,4-7H2,1H3. The second-order valence-corrected chi connectivity index (χ2v) is 7.93. The minimum Gasteiger partial charge on any atom is -0.506 e. The van der Waals surface area contributed by atoms with Gasteiger partial charge in [0.2, 0.25) is 0 Å². The Morgan fingerprint density at radius 1 is 1.21 bits per heavy atom. The summed E-state index contributed by atoms with van der Waals surface area (Å²) in [4.78, 5) is 15.1. The van der Waals surface area contributed by atoms with Gasteiger partial charge in [-0.2, -0.15) is 0 Å². The van der Waals surface area contributed by atoms with E-state index in [0.29, 0.717) is 53.6 Å². The Kier molecular flexibility index (Phi) is 5.67. The SMILES string of the molecule is Cc1ccc(-c2cc(Br)cc(Cl)c2O)nc1-c1ncc(F)c(N2CCOCC2)n1. The number of pyridine rings is 1. The van der Waals surface area contributed by atoms with Crippen molar-refractivity contribution in [1.82, 2.24) is 15.0 Å². The highest BCUT2D eigenvalue weighted by Gasteiger charge is 2.20. The largest absolute Gasteiger partial charge is 0.506 e. The molecule has 6 nitrogen and oxygen atoms in total. The fraction of sp³-hybridized carbons (Fsp3) is 0.250. The number of aromatic hydroxyl groups is 1. The van der Waals surface area contributed by atoms with Gasteiger partial charge in [-0.05, 0) is 30.7 Å². The van der Waals surface area contributed by atoms with Gasteiger partial charge in [-0.15, -0.1) is 0 Å². The lowest BCUT2D eigenvalue weighted by molar-refractivity contribution is 0.122. The number of hydrogen-bond donors (Lipinski definition) is 1. The molecule has 0 saturated carbocycles. The maximum atomic E-state index is 14.4. The number of phenolic OH excluding ortho intramolecular Hbond substituents is 1. The number of hydrogen-bond acceptors (Lipinski definition) is 6. The van der Waals surface area contributed by atoms with Crippen molar-refractivity contribution in [2.24, 2.45) is 0 Å². The monoisotopic (exact) mass is 478 g/mol. The van der Waals surface area contributed by atoms with Crippen molar-refractivity contribution in [3.8, 4) is 28.5 Å². The van der Waals surface area contributed by atoms with Crippen molar-refractivity contribution in [3.63, 3.8) is 0 Å². The Morgan fingerprint density at radius 3 is 2.72 bits per heavy atom. The zero-order chi connectivity index (χ0) is 20.5. The number of aryl methyl sites for hydroxylation is 1. The Labute approximate surface area is 180 Å². The van der Waals surface area contributed by atoms with E-state index in [1.165, 1.54) is 0 Å². The molecule has 0 aliphatic carbocycles. The number of halogens is 3. The zero-order valence-electron chi connectivity index (χ0n) is 15.5. The summed E-state index contributed by atoms with van der Waals surface area (Å²) < 4.78 is 20.4. The molecule has 0 spiro atoms. The predicted molar refractivity (Wildman–Crippen MR) is 113 cm³/mol. The van der Waals surface area contributed by atoms with Crippen LogP contribution in [0.15, 0.2) is 34.9 Å². The molecule has 1 aromatic carbocycles.